The van der Waals surface area contributed by atoms with Crippen LogP contribution >= 0.6 is 0 Å². The lowest BCUT2D eigenvalue weighted by molar-refractivity contribution is -0.0606. The molecule has 0 aromatic rings. The lowest BCUT2D eigenvalue weighted by Gasteiger charge is -2.29. The van der Waals surface area contributed by atoms with Crippen molar-refractivity contribution in [1.82, 2.24) is 5.32 Å². The average Bonchev–Trinajstić information content (AvgIpc) is 2.27. The van der Waals surface area contributed by atoms with Crippen LogP contribution in [0, 0.1) is 0 Å². The average molecular weight is 289 g/mol. The third kappa shape index (κ3) is 10.0. The number of alkyl carbamates (subject to hydrolysis) is 1. The molecule has 1 amide bonds. The van der Waals surface area contributed by atoms with Crippen LogP contribution in [-0.2, 0) is 14.2 Å². The van der Waals surface area contributed by atoms with E-state index in [2.05, 4.69) is 5.32 Å². The fourth-order valence-corrected chi connectivity index (χ4v) is 1.47. The summed E-state index contributed by atoms with van der Waals surface area (Å²) in [7, 11) is 1.70. The number of nitrogens with one attached hydrogen (secondary N) is 1. The smallest absolute Gasteiger partial charge is 0.407 e. The summed E-state index contributed by atoms with van der Waals surface area (Å²) in [4.78, 5) is 11.3. The molecule has 0 bridgehead atoms. The second kappa shape index (κ2) is 8.47. The Morgan fingerprint density at radius 2 is 1.70 bits per heavy atom. The number of hydrogen-bond donors (Lipinski definition) is 1. The number of amides is 1. The number of rotatable bonds is 9. The molecule has 0 fully saturated rings. The molecule has 0 saturated carbocycles. The van der Waals surface area contributed by atoms with Gasteiger partial charge in [0.05, 0.1) is 23.9 Å². The molecule has 0 atom stereocenters. The van der Waals surface area contributed by atoms with E-state index in [1.54, 1.807) is 7.11 Å². The van der Waals surface area contributed by atoms with Crippen LogP contribution in [0.3, 0.4) is 0 Å². The van der Waals surface area contributed by atoms with Crippen LogP contribution in [0.2, 0.25) is 0 Å². The van der Waals surface area contributed by atoms with Gasteiger partial charge in [-0.15, -0.1) is 0 Å². The lowest BCUT2D eigenvalue weighted by Crippen LogP contribution is -2.35. The summed E-state index contributed by atoms with van der Waals surface area (Å²) in [5, 5.41) is 2.72. The Bertz CT molecular complexity index is 288. The fraction of sp³-hybridized carbons (Fsp3) is 0.933. The Balaban J connectivity index is 3.87. The molecule has 0 saturated heterocycles. The summed E-state index contributed by atoms with van der Waals surface area (Å²) in [6.07, 6.45) is 1.08. The van der Waals surface area contributed by atoms with Gasteiger partial charge in [0.2, 0.25) is 0 Å². The summed E-state index contributed by atoms with van der Waals surface area (Å²) >= 11 is 0. The standard InChI is InChI=1S/C15H31NO4/c1-12(2)20-13(17)16-10-8-15(5,6)19-11-9-14(3,4)18-7/h12H,8-11H2,1-7H3,(H,16,17). The molecular weight excluding hydrogens is 258 g/mol. The SMILES string of the molecule is COC(C)(C)CCOC(C)(C)CCNC(=O)OC(C)C. The normalized spacial score (nSPS) is 12.6. The summed E-state index contributed by atoms with van der Waals surface area (Å²) in [6.45, 7) is 12.9. The van der Waals surface area contributed by atoms with Gasteiger partial charge in [-0.2, -0.15) is 0 Å². The highest BCUT2D eigenvalue weighted by atomic mass is 16.6. The molecule has 120 valence electrons. The Labute approximate surface area is 123 Å². The highest BCUT2D eigenvalue weighted by Crippen LogP contribution is 2.18. The number of ether oxygens (including phenoxy) is 3. The van der Waals surface area contributed by atoms with Gasteiger partial charge in [-0.3, -0.25) is 0 Å². The maximum absolute atomic E-state index is 11.3. The topological polar surface area (TPSA) is 56.8 Å². The minimum absolute atomic E-state index is 0.101. The second-order valence-corrected chi connectivity index (χ2v) is 6.45. The number of carbonyl (C=O) groups is 1. The first-order valence-electron chi connectivity index (χ1n) is 7.21. The van der Waals surface area contributed by atoms with Gasteiger partial charge in [0, 0.05) is 13.7 Å². The van der Waals surface area contributed by atoms with Gasteiger partial charge in [0.25, 0.3) is 0 Å². The molecule has 0 aliphatic heterocycles. The van der Waals surface area contributed by atoms with Crippen LogP contribution in [0.1, 0.15) is 54.4 Å². The molecule has 0 aromatic heterocycles. The van der Waals surface area contributed by atoms with Crippen LogP contribution in [0.25, 0.3) is 0 Å². The van der Waals surface area contributed by atoms with E-state index in [1.807, 2.05) is 41.5 Å². The quantitative estimate of drug-likeness (QED) is 0.708. The van der Waals surface area contributed by atoms with E-state index in [0.717, 1.165) is 12.8 Å². The summed E-state index contributed by atoms with van der Waals surface area (Å²) in [6, 6.07) is 0. The van der Waals surface area contributed by atoms with Gasteiger partial charge in [-0.25, -0.2) is 4.79 Å². The van der Waals surface area contributed by atoms with Gasteiger partial charge < -0.3 is 19.5 Å². The highest BCUT2D eigenvalue weighted by molar-refractivity contribution is 5.67. The van der Waals surface area contributed by atoms with Crippen molar-refractivity contribution in [3.63, 3.8) is 0 Å². The summed E-state index contributed by atoms with van der Waals surface area (Å²) in [5.74, 6) is 0. The van der Waals surface area contributed by atoms with E-state index in [4.69, 9.17) is 14.2 Å². The lowest BCUT2D eigenvalue weighted by atomic mass is 10.0. The van der Waals surface area contributed by atoms with Crippen molar-refractivity contribution >= 4 is 6.09 Å². The number of carbonyl (C=O) groups excluding carboxylic acids is 1. The van der Waals surface area contributed by atoms with Crippen molar-refractivity contribution in [3.05, 3.63) is 0 Å². The molecule has 1 N–H and O–H groups in total. The predicted molar refractivity (Wildman–Crippen MR) is 80.0 cm³/mol. The van der Waals surface area contributed by atoms with Crippen molar-refractivity contribution in [2.24, 2.45) is 0 Å². The van der Waals surface area contributed by atoms with Crippen LogP contribution in [0.15, 0.2) is 0 Å². The molecule has 5 heteroatoms. The molecular formula is C15H31NO4. The van der Waals surface area contributed by atoms with Gasteiger partial charge >= 0.3 is 6.09 Å². The van der Waals surface area contributed by atoms with Crippen LogP contribution in [0.5, 0.6) is 0 Å². The Morgan fingerprint density at radius 3 is 2.20 bits per heavy atom. The molecule has 0 heterocycles. The number of methoxy groups -OCH3 is 1. The van der Waals surface area contributed by atoms with E-state index in [0.29, 0.717) is 13.2 Å². The summed E-state index contributed by atoms with van der Waals surface area (Å²) in [5.41, 5.74) is -0.454. The highest BCUT2D eigenvalue weighted by Gasteiger charge is 2.22. The van der Waals surface area contributed by atoms with E-state index in [1.165, 1.54) is 0 Å². The van der Waals surface area contributed by atoms with Crippen molar-refractivity contribution in [3.8, 4) is 0 Å². The second-order valence-electron chi connectivity index (χ2n) is 6.45. The van der Waals surface area contributed by atoms with E-state index >= 15 is 0 Å². The molecule has 0 rings (SSSR count). The Kier molecular flexibility index (Phi) is 8.13. The van der Waals surface area contributed by atoms with Crippen LogP contribution in [-0.4, -0.2) is 43.7 Å². The van der Waals surface area contributed by atoms with Crippen molar-refractivity contribution in [2.45, 2.75) is 71.7 Å². The number of hydrogen-bond acceptors (Lipinski definition) is 4. The minimum Gasteiger partial charge on any atom is -0.447 e. The first-order chi connectivity index (χ1) is 9.08. The predicted octanol–water partition coefficient (Wildman–Crippen LogP) is 3.12. The molecule has 0 aliphatic carbocycles. The monoisotopic (exact) mass is 289 g/mol. The Morgan fingerprint density at radius 1 is 1.10 bits per heavy atom. The molecule has 5 nitrogen and oxygen atoms in total. The van der Waals surface area contributed by atoms with Crippen LogP contribution in [0.4, 0.5) is 4.79 Å². The molecule has 0 aliphatic rings. The molecule has 0 aromatic carbocycles. The zero-order valence-corrected chi connectivity index (χ0v) is 14.0. The third-order valence-electron chi connectivity index (χ3n) is 3.09. The van der Waals surface area contributed by atoms with Crippen molar-refractivity contribution in [1.29, 1.82) is 0 Å². The van der Waals surface area contributed by atoms with E-state index < -0.39 is 0 Å². The van der Waals surface area contributed by atoms with Gasteiger partial charge in [-0.05, 0) is 54.4 Å². The van der Waals surface area contributed by atoms with E-state index in [9.17, 15) is 4.79 Å². The van der Waals surface area contributed by atoms with Gasteiger partial charge in [-0.1, -0.05) is 0 Å². The zero-order valence-electron chi connectivity index (χ0n) is 14.0. The maximum Gasteiger partial charge on any atom is 0.407 e. The summed E-state index contributed by atoms with van der Waals surface area (Å²) < 4.78 is 16.2. The van der Waals surface area contributed by atoms with E-state index in [-0.39, 0.29) is 23.4 Å². The van der Waals surface area contributed by atoms with Crippen molar-refractivity contribution in [2.75, 3.05) is 20.3 Å². The van der Waals surface area contributed by atoms with Crippen LogP contribution < -0.4 is 5.32 Å². The molecule has 20 heavy (non-hydrogen) atoms. The fourth-order valence-electron chi connectivity index (χ4n) is 1.47. The van der Waals surface area contributed by atoms with Gasteiger partial charge in [0.15, 0.2) is 0 Å². The van der Waals surface area contributed by atoms with Crippen molar-refractivity contribution < 1.29 is 19.0 Å². The molecule has 0 unspecified atom stereocenters. The third-order valence-corrected chi connectivity index (χ3v) is 3.09. The van der Waals surface area contributed by atoms with Gasteiger partial charge in [0.1, 0.15) is 0 Å². The minimum atomic E-state index is -0.378. The molecule has 0 radical (unpaired) electrons. The zero-order chi connectivity index (χ0) is 15.8. The maximum atomic E-state index is 11.3. The first-order valence-corrected chi connectivity index (χ1v) is 7.21. The molecule has 0 spiro atoms. The first kappa shape index (κ1) is 19.2. The Hall–Kier alpha value is -0.810. The largest absolute Gasteiger partial charge is 0.447 e.